The Morgan fingerprint density at radius 3 is 2.77 bits per heavy atom. The van der Waals surface area contributed by atoms with E-state index in [0.717, 1.165) is 68.7 Å². The van der Waals surface area contributed by atoms with Crippen molar-refractivity contribution in [1.29, 1.82) is 0 Å². The van der Waals surface area contributed by atoms with E-state index in [4.69, 9.17) is 17.0 Å². The van der Waals surface area contributed by atoms with E-state index in [0.29, 0.717) is 6.04 Å². The van der Waals surface area contributed by atoms with Gasteiger partial charge in [0.1, 0.15) is 0 Å². The largest absolute Gasteiger partial charge is 0.379 e. The highest BCUT2D eigenvalue weighted by atomic mass is 32.1. The van der Waals surface area contributed by atoms with Crippen LogP contribution in [0.4, 0.5) is 0 Å². The normalized spacial score (nSPS) is 32.9. The molecule has 1 heterocycles. The Bertz CT molecular complexity index is 373. The lowest BCUT2D eigenvalue weighted by Gasteiger charge is -2.29. The zero-order valence-electron chi connectivity index (χ0n) is 13.9. The maximum Gasteiger partial charge on any atom is 0.166 e. The first-order valence-electron chi connectivity index (χ1n) is 9.07. The van der Waals surface area contributed by atoms with Gasteiger partial charge in [0, 0.05) is 25.7 Å². The molecule has 4 atom stereocenters. The van der Waals surface area contributed by atoms with Crippen LogP contribution in [-0.2, 0) is 4.74 Å². The van der Waals surface area contributed by atoms with Gasteiger partial charge in [0.15, 0.2) is 5.11 Å². The standard InChI is InChI=1S/C17H31N3OS/c1-13(16-12-14-3-4-15(16)11-14)19-17(22)18-5-2-6-20-7-9-21-10-8-20/h13-16H,2-12H2,1H3,(H2,18,19,22)/t13-,14-,15-,16-/m0/s1. The number of thiocarbonyl (C=S) groups is 1. The predicted molar refractivity (Wildman–Crippen MR) is 94.0 cm³/mol. The van der Waals surface area contributed by atoms with Crippen LogP contribution in [0.15, 0.2) is 0 Å². The van der Waals surface area contributed by atoms with Crippen molar-refractivity contribution in [1.82, 2.24) is 15.5 Å². The summed E-state index contributed by atoms with van der Waals surface area (Å²) in [5, 5.41) is 7.76. The minimum absolute atomic E-state index is 0.523. The molecule has 0 aromatic heterocycles. The van der Waals surface area contributed by atoms with E-state index in [1.807, 2.05) is 0 Å². The van der Waals surface area contributed by atoms with Gasteiger partial charge in [0.25, 0.3) is 0 Å². The predicted octanol–water partition coefficient (Wildman–Crippen LogP) is 2.00. The fourth-order valence-corrected chi connectivity index (χ4v) is 4.89. The monoisotopic (exact) mass is 325 g/mol. The molecule has 0 radical (unpaired) electrons. The number of hydrogen-bond acceptors (Lipinski definition) is 3. The van der Waals surface area contributed by atoms with Gasteiger partial charge in [0.05, 0.1) is 13.2 Å². The molecule has 2 bridgehead atoms. The number of ether oxygens (including phenoxy) is 1. The average Bonchev–Trinajstić information content (AvgIpc) is 3.15. The molecule has 2 saturated carbocycles. The number of rotatable bonds is 6. The highest BCUT2D eigenvalue weighted by Gasteiger charge is 2.41. The SMILES string of the molecule is C[C@H](NC(=S)NCCCN1CCOCC1)[C@@H]1C[C@H]2CC[C@H]1C2. The summed E-state index contributed by atoms with van der Waals surface area (Å²) in [5.41, 5.74) is 0. The molecule has 5 heteroatoms. The Morgan fingerprint density at radius 1 is 1.27 bits per heavy atom. The summed E-state index contributed by atoms with van der Waals surface area (Å²) in [6.45, 7) is 8.33. The Balaban J connectivity index is 1.27. The van der Waals surface area contributed by atoms with Crippen molar-refractivity contribution in [2.75, 3.05) is 39.4 Å². The molecule has 0 spiro atoms. The van der Waals surface area contributed by atoms with E-state index in [1.54, 1.807) is 0 Å². The molecular formula is C17H31N3OS. The van der Waals surface area contributed by atoms with Crippen LogP contribution in [-0.4, -0.2) is 55.4 Å². The molecule has 3 aliphatic rings. The van der Waals surface area contributed by atoms with Gasteiger partial charge in [-0.15, -0.1) is 0 Å². The number of nitrogens with one attached hydrogen (secondary N) is 2. The summed E-state index contributed by atoms with van der Waals surface area (Å²) in [6.07, 6.45) is 6.94. The lowest BCUT2D eigenvalue weighted by atomic mass is 9.84. The first-order valence-corrected chi connectivity index (χ1v) is 9.47. The van der Waals surface area contributed by atoms with Crippen LogP contribution >= 0.6 is 12.2 Å². The van der Waals surface area contributed by atoms with Crippen molar-refractivity contribution in [2.24, 2.45) is 17.8 Å². The molecule has 22 heavy (non-hydrogen) atoms. The summed E-state index contributed by atoms with van der Waals surface area (Å²) in [5.74, 6) is 2.80. The van der Waals surface area contributed by atoms with Crippen LogP contribution in [0.2, 0.25) is 0 Å². The third-order valence-corrected chi connectivity index (χ3v) is 6.10. The second-order valence-electron chi connectivity index (χ2n) is 7.34. The molecule has 2 N–H and O–H groups in total. The summed E-state index contributed by atoms with van der Waals surface area (Å²) in [7, 11) is 0. The summed E-state index contributed by atoms with van der Waals surface area (Å²) in [6, 6.07) is 0.523. The van der Waals surface area contributed by atoms with E-state index in [2.05, 4.69) is 22.5 Å². The van der Waals surface area contributed by atoms with E-state index < -0.39 is 0 Å². The number of fused-ring (bicyclic) bond motifs is 2. The van der Waals surface area contributed by atoms with Gasteiger partial charge in [-0.2, -0.15) is 0 Å². The van der Waals surface area contributed by atoms with Crippen molar-refractivity contribution < 1.29 is 4.74 Å². The fraction of sp³-hybridized carbons (Fsp3) is 0.941. The number of morpholine rings is 1. The number of hydrogen-bond donors (Lipinski definition) is 2. The molecule has 1 aliphatic heterocycles. The second kappa shape index (κ2) is 7.93. The highest BCUT2D eigenvalue weighted by Crippen LogP contribution is 2.49. The van der Waals surface area contributed by atoms with Crippen molar-refractivity contribution in [3.8, 4) is 0 Å². The number of nitrogens with zero attached hydrogens (tertiary/aromatic N) is 1. The van der Waals surface area contributed by atoms with Gasteiger partial charge < -0.3 is 15.4 Å². The maximum atomic E-state index is 5.47. The second-order valence-corrected chi connectivity index (χ2v) is 7.74. The highest BCUT2D eigenvalue weighted by molar-refractivity contribution is 7.80. The van der Waals surface area contributed by atoms with E-state index in [1.165, 1.54) is 25.7 Å². The summed E-state index contributed by atoms with van der Waals surface area (Å²) >= 11 is 5.47. The van der Waals surface area contributed by atoms with Crippen molar-refractivity contribution in [2.45, 2.75) is 45.1 Å². The van der Waals surface area contributed by atoms with Crippen LogP contribution in [0.5, 0.6) is 0 Å². The summed E-state index contributed by atoms with van der Waals surface area (Å²) in [4.78, 5) is 2.47. The Morgan fingerprint density at radius 2 is 2.09 bits per heavy atom. The van der Waals surface area contributed by atoms with Gasteiger partial charge in [-0.1, -0.05) is 6.42 Å². The van der Waals surface area contributed by atoms with Crippen molar-refractivity contribution in [3.63, 3.8) is 0 Å². The van der Waals surface area contributed by atoms with Gasteiger partial charge in [-0.05, 0) is 69.1 Å². The Labute approximate surface area is 140 Å². The topological polar surface area (TPSA) is 36.5 Å². The van der Waals surface area contributed by atoms with E-state index >= 15 is 0 Å². The van der Waals surface area contributed by atoms with Crippen molar-refractivity contribution in [3.05, 3.63) is 0 Å². The van der Waals surface area contributed by atoms with Gasteiger partial charge in [-0.25, -0.2) is 0 Å². The molecule has 3 rings (SSSR count). The zero-order chi connectivity index (χ0) is 15.4. The van der Waals surface area contributed by atoms with Crippen molar-refractivity contribution >= 4 is 17.3 Å². The van der Waals surface area contributed by atoms with Gasteiger partial charge >= 0.3 is 0 Å². The van der Waals surface area contributed by atoms with Crippen LogP contribution in [0.3, 0.4) is 0 Å². The zero-order valence-corrected chi connectivity index (χ0v) is 14.7. The molecule has 0 aromatic rings. The molecule has 2 aliphatic carbocycles. The third kappa shape index (κ3) is 4.33. The van der Waals surface area contributed by atoms with Gasteiger partial charge in [0.2, 0.25) is 0 Å². The fourth-order valence-electron chi connectivity index (χ4n) is 4.60. The molecule has 3 fully saturated rings. The average molecular weight is 326 g/mol. The lowest BCUT2D eigenvalue weighted by Crippen LogP contribution is -2.45. The molecule has 126 valence electrons. The van der Waals surface area contributed by atoms with Crippen LogP contribution in [0, 0.1) is 17.8 Å². The Hall–Kier alpha value is -0.390. The molecule has 4 nitrogen and oxygen atoms in total. The first-order chi connectivity index (χ1) is 10.7. The van der Waals surface area contributed by atoms with Crippen LogP contribution < -0.4 is 10.6 Å². The molecule has 0 aromatic carbocycles. The quantitative estimate of drug-likeness (QED) is 0.577. The molecule has 0 amide bonds. The van der Waals surface area contributed by atoms with E-state index in [9.17, 15) is 0 Å². The van der Waals surface area contributed by atoms with Gasteiger partial charge in [-0.3, -0.25) is 4.90 Å². The minimum Gasteiger partial charge on any atom is -0.379 e. The smallest absolute Gasteiger partial charge is 0.166 e. The van der Waals surface area contributed by atoms with Crippen LogP contribution in [0.25, 0.3) is 0 Å². The summed E-state index contributed by atoms with van der Waals surface area (Å²) < 4.78 is 5.37. The minimum atomic E-state index is 0.523. The first kappa shape index (κ1) is 16.5. The maximum absolute atomic E-state index is 5.47. The Kier molecular flexibility index (Phi) is 5.94. The molecule has 1 saturated heterocycles. The van der Waals surface area contributed by atoms with E-state index in [-0.39, 0.29) is 0 Å². The molecular weight excluding hydrogens is 294 g/mol. The molecule has 0 unspecified atom stereocenters. The van der Waals surface area contributed by atoms with Crippen LogP contribution in [0.1, 0.15) is 39.0 Å². The third-order valence-electron chi connectivity index (χ3n) is 5.83. The lowest BCUT2D eigenvalue weighted by molar-refractivity contribution is 0.0376.